The van der Waals surface area contributed by atoms with Crippen molar-refractivity contribution in [2.24, 2.45) is 0 Å². The molecule has 1 N–H and O–H groups in total. The number of hydrogen-bond acceptors (Lipinski definition) is 3. The van der Waals surface area contributed by atoms with Crippen LogP contribution < -0.4 is 5.32 Å². The van der Waals surface area contributed by atoms with Crippen LogP contribution in [0, 0.1) is 0 Å². The summed E-state index contributed by atoms with van der Waals surface area (Å²) in [5, 5.41) is 6.99. The van der Waals surface area contributed by atoms with Crippen molar-refractivity contribution in [1.29, 1.82) is 0 Å². The Bertz CT molecular complexity index is 462. The summed E-state index contributed by atoms with van der Waals surface area (Å²) in [5.41, 5.74) is 0. The van der Waals surface area contributed by atoms with E-state index in [4.69, 9.17) is 4.42 Å². The minimum atomic E-state index is 0.0320. The summed E-state index contributed by atoms with van der Waals surface area (Å²) in [6, 6.07) is 5.67. The fraction of sp³-hybridized carbons (Fsp3) is 0.385. The normalized spacial score (nSPS) is 12.3. The summed E-state index contributed by atoms with van der Waals surface area (Å²) in [6.45, 7) is 2.57. The van der Waals surface area contributed by atoms with Gasteiger partial charge in [-0.3, -0.25) is 9.48 Å². The Morgan fingerprint density at radius 2 is 2.44 bits per heavy atom. The van der Waals surface area contributed by atoms with Crippen LogP contribution in [0.2, 0.25) is 0 Å². The standard InChI is InChI=1S/C13H17N3O2/c1-11(16-8-3-6-15-16)10-13(17)14-7-5-12-4-2-9-18-12/h2-4,6,8-9,11H,5,7,10H2,1H3,(H,14,17). The van der Waals surface area contributed by atoms with E-state index in [0.717, 1.165) is 12.2 Å². The average Bonchev–Trinajstić information content (AvgIpc) is 3.02. The molecule has 1 atom stereocenters. The monoisotopic (exact) mass is 247 g/mol. The number of rotatable bonds is 6. The zero-order chi connectivity index (χ0) is 12.8. The number of aromatic nitrogens is 2. The predicted octanol–water partition coefficient (Wildman–Crippen LogP) is 1.79. The highest BCUT2D eigenvalue weighted by Gasteiger charge is 2.10. The molecule has 5 heteroatoms. The van der Waals surface area contributed by atoms with Crippen LogP contribution in [0.1, 0.15) is 25.1 Å². The van der Waals surface area contributed by atoms with Crippen molar-refractivity contribution in [2.45, 2.75) is 25.8 Å². The van der Waals surface area contributed by atoms with Crippen molar-refractivity contribution in [1.82, 2.24) is 15.1 Å². The van der Waals surface area contributed by atoms with Gasteiger partial charge in [-0.15, -0.1) is 0 Å². The number of nitrogens with zero attached hydrogens (tertiary/aromatic N) is 2. The maximum Gasteiger partial charge on any atom is 0.222 e. The molecule has 18 heavy (non-hydrogen) atoms. The summed E-state index contributed by atoms with van der Waals surface area (Å²) < 4.78 is 6.97. The summed E-state index contributed by atoms with van der Waals surface area (Å²) in [7, 11) is 0. The fourth-order valence-corrected chi connectivity index (χ4v) is 1.76. The quantitative estimate of drug-likeness (QED) is 0.846. The molecule has 2 rings (SSSR count). The van der Waals surface area contributed by atoms with Crippen molar-refractivity contribution in [2.75, 3.05) is 6.54 Å². The third-order valence-electron chi connectivity index (χ3n) is 2.73. The molecule has 0 saturated carbocycles. The van der Waals surface area contributed by atoms with Gasteiger partial charge >= 0.3 is 0 Å². The van der Waals surface area contributed by atoms with E-state index in [0.29, 0.717) is 13.0 Å². The number of hydrogen-bond donors (Lipinski definition) is 1. The number of carbonyl (C=O) groups is 1. The topological polar surface area (TPSA) is 60.1 Å². The van der Waals surface area contributed by atoms with E-state index < -0.39 is 0 Å². The van der Waals surface area contributed by atoms with Crippen LogP contribution in [0.5, 0.6) is 0 Å². The van der Waals surface area contributed by atoms with E-state index in [1.807, 2.05) is 31.3 Å². The Labute approximate surface area is 106 Å². The van der Waals surface area contributed by atoms with E-state index in [1.54, 1.807) is 17.1 Å². The van der Waals surface area contributed by atoms with Crippen molar-refractivity contribution in [3.8, 4) is 0 Å². The summed E-state index contributed by atoms with van der Waals surface area (Å²) in [6.07, 6.45) is 6.36. The first kappa shape index (κ1) is 12.4. The SMILES string of the molecule is CC(CC(=O)NCCc1ccco1)n1cccn1. The zero-order valence-electron chi connectivity index (χ0n) is 10.4. The van der Waals surface area contributed by atoms with Crippen LogP contribution in [-0.2, 0) is 11.2 Å². The average molecular weight is 247 g/mol. The molecular weight excluding hydrogens is 230 g/mol. The molecule has 2 aromatic heterocycles. The third kappa shape index (κ3) is 3.48. The smallest absolute Gasteiger partial charge is 0.222 e. The van der Waals surface area contributed by atoms with Crippen molar-refractivity contribution in [3.05, 3.63) is 42.6 Å². The second kappa shape index (κ2) is 6.05. The molecule has 1 unspecified atom stereocenters. The molecule has 2 heterocycles. The van der Waals surface area contributed by atoms with E-state index in [2.05, 4.69) is 10.4 Å². The van der Waals surface area contributed by atoms with Gasteiger partial charge in [-0.1, -0.05) is 0 Å². The first-order valence-electron chi connectivity index (χ1n) is 6.04. The number of amides is 1. The molecule has 0 spiro atoms. The Morgan fingerprint density at radius 3 is 3.11 bits per heavy atom. The van der Waals surface area contributed by atoms with Crippen LogP contribution in [0.3, 0.4) is 0 Å². The van der Waals surface area contributed by atoms with Crippen LogP contribution in [0.4, 0.5) is 0 Å². The van der Waals surface area contributed by atoms with E-state index in [9.17, 15) is 4.79 Å². The Hall–Kier alpha value is -2.04. The fourth-order valence-electron chi connectivity index (χ4n) is 1.76. The van der Waals surface area contributed by atoms with Crippen LogP contribution >= 0.6 is 0 Å². The highest BCUT2D eigenvalue weighted by molar-refractivity contribution is 5.76. The van der Waals surface area contributed by atoms with Gasteiger partial charge in [0.1, 0.15) is 5.76 Å². The minimum absolute atomic E-state index is 0.0320. The first-order chi connectivity index (χ1) is 8.75. The Morgan fingerprint density at radius 1 is 1.56 bits per heavy atom. The maximum absolute atomic E-state index is 11.7. The highest BCUT2D eigenvalue weighted by atomic mass is 16.3. The lowest BCUT2D eigenvalue weighted by molar-refractivity contribution is -0.121. The Kier molecular flexibility index (Phi) is 4.17. The second-order valence-corrected chi connectivity index (χ2v) is 4.22. The lowest BCUT2D eigenvalue weighted by Crippen LogP contribution is -2.27. The molecule has 0 fully saturated rings. The maximum atomic E-state index is 11.7. The molecule has 0 saturated heterocycles. The van der Waals surface area contributed by atoms with Crippen molar-refractivity contribution < 1.29 is 9.21 Å². The van der Waals surface area contributed by atoms with Gasteiger partial charge in [0.05, 0.1) is 12.3 Å². The van der Waals surface area contributed by atoms with Gasteiger partial charge < -0.3 is 9.73 Å². The lowest BCUT2D eigenvalue weighted by Gasteiger charge is -2.11. The number of furan rings is 1. The second-order valence-electron chi connectivity index (χ2n) is 4.22. The molecule has 0 aliphatic carbocycles. The lowest BCUT2D eigenvalue weighted by atomic mass is 10.2. The molecule has 1 amide bonds. The van der Waals surface area contributed by atoms with Crippen LogP contribution in [0.15, 0.2) is 41.3 Å². The molecule has 0 radical (unpaired) electrons. The van der Waals surface area contributed by atoms with Gasteiger partial charge in [0.2, 0.25) is 5.91 Å². The van der Waals surface area contributed by atoms with Gasteiger partial charge in [0.15, 0.2) is 0 Å². The Balaban J connectivity index is 1.69. The molecule has 96 valence electrons. The first-order valence-corrected chi connectivity index (χ1v) is 6.04. The van der Waals surface area contributed by atoms with Crippen LogP contribution in [-0.4, -0.2) is 22.2 Å². The van der Waals surface area contributed by atoms with Crippen molar-refractivity contribution in [3.63, 3.8) is 0 Å². The van der Waals surface area contributed by atoms with Gasteiger partial charge in [0, 0.05) is 31.8 Å². The van der Waals surface area contributed by atoms with E-state index in [1.165, 1.54) is 0 Å². The molecular formula is C13H17N3O2. The molecule has 0 aliphatic heterocycles. The predicted molar refractivity (Wildman–Crippen MR) is 67.0 cm³/mol. The molecule has 0 aliphatic rings. The minimum Gasteiger partial charge on any atom is -0.469 e. The summed E-state index contributed by atoms with van der Waals surface area (Å²) >= 11 is 0. The van der Waals surface area contributed by atoms with E-state index >= 15 is 0 Å². The summed E-state index contributed by atoms with van der Waals surface area (Å²) in [5.74, 6) is 0.917. The zero-order valence-corrected chi connectivity index (χ0v) is 10.4. The van der Waals surface area contributed by atoms with Gasteiger partial charge in [-0.2, -0.15) is 5.10 Å². The summed E-state index contributed by atoms with van der Waals surface area (Å²) in [4.78, 5) is 11.7. The molecule has 0 aromatic carbocycles. The van der Waals surface area contributed by atoms with E-state index in [-0.39, 0.29) is 11.9 Å². The van der Waals surface area contributed by atoms with Gasteiger partial charge in [0.25, 0.3) is 0 Å². The highest BCUT2D eigenvalue weighted by Crippen LogP contribution is 2.08. The third-order valence-corrected chi connectivity index (χ3v) is 2.73. The largest absolute Gasteiger partial charge is 0.469 e. The molecule has 2 aromatic rings. The number of carbonyl (C=O) groups excluding carboxylic acids is 1. The van der Waals surface area contributed by atoms with Crippen molar-refractivity contribution >= 4 is 5.91 Å². The van der Waals surface area contributed by atoms with Crippen LogP contribution in [0.25, 0.3) is 0 Å². The molecule has 0 bridgehead atoms. The molecule has 5 nitrogen and oxygen atoms in total. The number of nitrogens with one attached hydrogen (secondary N) is 1. The van der Waals surface area contributed by atoms with Gasteiger partial charge in [-0.25, -0.2) is 0 Å². The van der Waals surface area contributed by atoms with Gasteiger partial charge in [-0.05, 0) is 25.1 Å².